The molecule has 9 nitrogen and oxygen atoms in total. The number of carbonyl (C=O) groups is 2. The van der Waals surface area contributed by atoms with Gasteiger partial charge in [-0.15, -0.1) is 0 Å². The minimum absolute atomic E-state index is 0.0471. The van der Waals surface area contributed by atoms with Crippen LogP contribution in [0.1, 0.15) is 12.8 Å². The predicted molar refractivity (Wildman–Crippen MR) is 91.8 cm³/mol. The maximum Gasteiger partial charge on any atom is 0.311 e. The molecule has 0 radical (unpaired) electrons. The molecule has 0 aromatic heterocycles. The highest BCUT2D eigenvalue weighted by molar-refractivity contribution is 5.81. The second kappa shape index (κ2) is 7.28. The van der Waals surface area contributed by atoms with Crippen molar-refractivity contribution in [2.24, 2.45) is 11.3 Å². The average Bonchev–Trinajstić information content (AvgIpc) is 3.03. The van der Waals surface area contributed by atoms with Crippen LogP contribution in [0.4, 0.5) is 11.4 Å². The Balaban J connectivity index is 1.58. The van der Waals surface area contributed by atoms with Crippen molar-refractivity contribution >= 4 is 23.3 Å². The van der Waals surface area contributed by atoms with Crippen molar-refractivity contribution < 1.29 is 24.4 Å². The fraction of sp³-hybridized carbons (Fsp3) is 0.529. The van der Waals surface area contributed by atoms with E-state index in [-0.39, 0.29) is 37.0 Å². The second-order valence-electron chi connectivity index (χ2n) is 6.71. The molecule has 0 aliphatic carbocycles. The van der Waals surface area contributed by atoms with Crippen molar-refractivity contribution in [1.82, 2.24) is 4.90 Å². The Morgan fingerprint density at radius 3 is 2.88 bits per heavy atom. The molecule has 0 spiro atoms. The van der Waals surface area contributed by atoms with Crippen LogP contribution in [-0.4, -0.2) is 59.7 Å². The summed E-state index contributed by atoms with van der Waals surface area (Å²) in [4.78, 5) is 36.3. The molecule has 2 saturated heterocycles. The lowest BCUT2D eigenvalue weighted by Crippen LogP contribution is -2.45. The summed E-state index contributed by atoms with van der Waals surface area (Å²) in [6.07, 6.45) is 0.542. The second-order valence-corrected chi connectivity index (χ2v) is 6.71. The number of nitrogens with zero attached hydrogens (tertiary/aromatic N) is 2. The Hall–Kier alpha value is -2.68. The number of hydrogen-bond acceptors (Lipinski definition) is 6. The third kappa shape index (κ3) is 3.34. The van der Waals surface area contributed by atoms with E-state index in [0.29, 0.717) is 31.9 Å². The van der Waals surface area contributed by atoms with Crippen molar-refractivity contribution in [2.45, 2.75) is 12.8 Å². The van der Waals surface area contributed by atoms with Gasteiger partial charge in [0.15, 0.2) is 0 Å². The summed E-state index contributed by atoms with van der Waals surface area (Å²) in [7, 11) is 0. The molecule has 2 N–H and O–H groups in total. The molecule has 2 heterocycles. The van der Waals surface area contributed by atoms with Crippen LogP contribution in [0.2, 0.25) is 0 Å². The fourth-order valence-corrected chi connectivity index (χ4v) is 3.73. The lowest BCUT2D eigenvalue weighted by Gasteiger charge is -2.33. The molecule has 2 aliphatic heterocycles. The lowest BCUT2D eigenvalue weighted by molar-refractivity contribution is -0.384. The molecule has 1 amide bonds. The van der Waals surface area contributed by atoms with Crippen LogP contribution in [-0.2, 0) is 14.3 Å². The van der Waals surface area contributed by atoms with Crippen molar-refractivity contribution in [3.8, 4) is 0 Å². The van der Waals surface area contributed by atoms with Gasteiger partial charge in [-0.05, 0) is 12.5 Å². The molecule has 9 heteroatoms. The van der Waals surface area contributed by atoms with E-state index in [9.17, 15) is 24.8 Å². The SMILES string of the molecule is O=C(CCNc1ccccc1[N+](=O)[O-])N1C[C@H]2COCC[C@@]2(C(=O)O)C1. The van der Waals surface area contributed by atoms with E-state index < -0.39 is 16.3 Å². The van der Waals surface area contributed by atoms with Crippen molar-refractivity contribution in [3.05, 3.63) is 34.4 Å². The van der Waals surface area contributed by atoms with Crippen LogP contribution in [0.3, 0.4) is 0 Å². The van der Waals surface area contributed by atoms with E-state index in [4.69, 9.17) is 4.74 Å². The number of carboxylic acid groups (broad SMARTS) is 1. The van der Waals surface area contributed by atoms with Gasteiger partial charge < -0.3 is 20.1 Å². The molecule has 2 atom stereocenters. The first-order valence-corrected chi connectivity index (χ1v) is 8.50. The Kier molecular flexibility index (Phi) is 5.08. The maximum absolute atomic E-state index is 12.5. The number of carbonyl (C=O) groups excluding carboxylic acids is 1. The third-order valence-electron chi connectivity index (χ3n) is 5.24. The number of benzene rings is 1. The molecular formula is C17H21N3O6. The predicted octanol–water partition coefficient (Wildman–Crippen LogP) is 1.35. The molecule has 3 rings (SSSR count). The normalized spacial score (nSPS) is 24.8. The molecule has 26 heavy (non-hydrogen) atoms. The minimum Gasteiger partial charge on any atom is -0.481 e. The van der Waals surface area contributed by atoms with E-state index in [1.165, 1.54) is 6.07 Å². The first kappa shape index (κ1) is 18.1. The van der Waals surface area contributed by atoms with E-state index in [0.717, 1.165) is 0 Å². The maximum atomic E-state index is 12.5. The molecule has 2 fully saturated rings. The molecule has 140 valence electrons. The van der Waals surface area contributed by atoms with Gasteiger partial charge in [-0.2, -0.15) is 0 Å². The number of amides is 1. The Bertz CT molecular complexity index is 724. The lowest BCUT2D eigenvalue weighted by atomic mass is 9.74. The van der Waals surface area contributed by atoms with Crippen LogP contribution < -0.4 is 5.32 Å². The topological polar surface area (TPSA) is 122 Å². The third-order valence-corrected chi connectivity index (χ3v) is 5.24. The first-order valence-electron chi connectivity index (χ1n) is 8.50. The number of carboxylic acids is 1. The minimum atomic E-state index is -0.917. The van der Waals surface area contributed by atoms with Gasteiger partial charge in [0.2, 0.25) is 5.91 Å². The van der Waals surface area contributed by atoms with Gasteiger partial charge in [0.1, 0.15) is 5.69 Å². The monoisotopic (exact) mass is 363 g/mol. The van der Waals surface area contributed by atoms with Gasteiger partial charge in [-0.1, -0.05) is 12.1 Å². The smallest absolute Gasteiger partial charge is 0.311 e. The van der Waals surface area contributed by atoms with Crippen molar-refractivity contribution in [2.75, 3.05) is 38.2 Å². The number of aliphatic carboxylic acids is 1. The van der Waals surface area contributed by atoms with Crippen molar-refractivity contribution in [1.29, 1.82) is 0 Å². The Morgan fingerprint density at radius 2 is 2.19 bits per heavy atom. The Morgan fingerprint density at radius 1 is 1.42 bits per heavy atom. The van der Waals surface area contributed by atoms with Gasteiger partial charge in [0, 0.05) is 44.6 Å². The number of anilines is 1. The van der Waals surface area contributed by atoms with Gasteiger partial charge in [-0.3, -0.25) is 19.7 Å². The van der Waals surface area contributed by atoms with Crippen LogP contribution in [0.25, 0.3) is 0 Å². The number of likely N-dealkylation sites (tertiary alicyclic amines) is 1. The number of nitrogens with one attached hydrogen (secondary N) is 1. The number of nitro benzene ring substituents is 1. The summed E-state index contributed by atoms with van der Waals surface area (Å²) in [6, 6.07) is 6.24. The molecule has 0 unspecified atom stereocenters. The van der Waals surface area contributed by atoms with Crippen LogP contribution in [0, 0.1) is 21.4 Å². The first-order chi connectivity index (χ1) is 12.4. The number of hydrogen-bond donors (Lipinski definition) is 2. The number of para-hydroxylation sites is 2. The van der Waals surface area contributed by atoms with E-state index >= 15 is 0 Å². The fourth-order valence-electron chi connectivity index (χ4n) is 3.73. The average molecular weight is 363 g/mol. The number of nitro groups is 1. The molecule has 0 saturated carbocycles. The van der Waals surface area contributed by atoms with E-state index in [1.54, 1.807) is 23.1 Å². The van der Waals surface area contributed by atoms with E-state index in [2.05, 4.69) is 5.32 Å². The zero-order valence-electron chi connectivity index (χ0n) is 14.2. The van der Waals surface area contributed by atoms with Crippen LogP contribution >= 0.6 is 0 Å². The highest BCUT2D eigenvalue weighted by Gasteiger charge is 2.54. The van der Waals surface area contributed by atoms with Gasteiger partial charge in [-0.25, -0.2) is 0 Å². The summed E-state index contributed by atoms with van der Waals surface area (Å²) >= 11 is 0. The molecule has 2 aliphatic rings. The summed E-state index contributed by atoms with van der Waals surface area (Å²) in [5.74, 6) is -1.23. The quantitative estimate of drug-likeness (QED) is 0.578. The summed E-state index contributed by atoms with van der Waals surface area (Å²) in [5.41, 5.74) is -0.607. The van der Waals surface area contributed by atoms with Gasteiger partial charge >= 0.3 is 5.97 Å². The zero-order chi connectivity index (χ0) is 18.7. The molecule has 0 bridgehead atoms. The highest BCUT2D eigenvalue weighted by atomic mass is 16.6. The Labute approximate surface area is 150 Å². The summed E-state index contributed by atoms with van der Waals surface area (Å²) in [6.45, 7) is 1.55. The number of fused-ring (bicyclic) bond motifs is 1. The molecular weight excluding hydrogens is 342 g/mol. The number of rotatable bonds is 6. The molecule has 1 aromatic carbocycles. The van der Waals surface area contributed by atoms with Gasteiger partial charge in [0.05, 0.1) is 16.9 Å². The van der Waals surface area contributed by atoms with Crippen LogP contribution in [0.15, 0.2) is 24.3 Å². The van der Waals surface area contributed by atoms with Crippen LogP contribution in [0.5, 0.6) is 0 Å². The number of ether oxygens (including phenoxy) is 1. The molecule has 1 aromatic rings. The largest absolute Gasteiger partial charge is 0.481 e. The standard InChI is InChI=1S/C17H21N3O6/c21-15(5-7-18-13-3-1-2-4-14(13)20(24)25)19-9-12-10-26-8-6-17(12,11-19)16(22)23/h1-4,12,18H,5-11H2,(H,22,23)/t12-,17+/m0/s1. The van der Waals surface area contributed by atoms with Gasteiger partial charge in [0.25, 0.3) is 5.69 Å². The summed E-state index contributed by atoms with van der Waals surface area (Å²) < 4.78 is 5.38. The highest BCUT2D eigenvalue weighted by Crippen LogP contribution is 2.42. The zero-order valence-corrected chi connectivity index (χ0v) is 14.2. The van der Waals surface area contributed by atoms with Crippen molar-refractivity contribution in [3.63, 3.8) is 0 Å². The summed E-state index contributed by atoms with van der Waals surface area (Å²) in [5, 5.41) is 23.5. The van der Waals surface area contributed by atoms with E-state index in [1.807, 2.05) is 0 Å².